The summed E-state index contributed by atoms with van der Waals surface area (Å²) in [5, 5.41) is 0. The minimum atomic E-state index is -3.13. The van der Waals surface area contributed by atoms with E-state index in [1.54, 1.807) is 4.90 Å². The summed E-state index contributed by atoms with van der Waals surface area (Å²) >= 11 is 5.50. The number of carbonyl (C=O) groups is 1. The zero-order chi connectivity index (χ0) is 10.1. The summed E-state index contributed by atoms with van der Waals surface area (Å²) in [6.45, 7) is 0.438. The van der Waals surface area contributed by atoms with E-state index in [-0.39, 0.29) is 5.91 Å². The first-order valence-corrected chi connectivity index (χ1v) is 6.64. The zero-order valence-corrected chi connectivity index (χ0v) is 9.09. The molecule has 4 nitrogen and oxygen atoms in total. The number of halogens is 1. The summed E-state index contributed by atoms with van der Waals surface area (Å²) in [6.07, 6.45) is 0. The Balaban J connectivity index is 2.48. The molecule has 0 aromatic heterocycles. The summed E-state index contributed by atoms with van der Waals surface area (Å²) in [6, 6.07) is 0. The Kier molecular flexibility index (Phi) is 3.44. The smallest absolute Gasteiger partial charge is 0.219 e. The highest BCUT2D eigenvalue weighted by Gasteiger charge is 2.26. The predicted molar refractivity (Wildman–Crippen MR) is 53.0 cm³/mol. The SMILES string of the molecule is [B]P(=O)(Cl)N1CCN(C(C)=O)CC1. The molecule has 0 aromatic carbocycles. The second-order valence-corrected chi connectivity index (χ2v) is 6.11. The molecule has 1 fully saturated rings. The maximum absolute atomic E-state index is 11.2. The Morgan fingerprint density at radius 1 is 1.38 bits per heavy atom. The van der Waals surface area contributed by atoms with Crippen LogP contribution in [0.3, 0.4) is 0 Å². The second-order valence-electron chi connectivity index (χ2n) is 3.00. The average Bonchev–Trinajstić information content (AvgIpc) is 2.03. The van der Waals surface area contributed by atoms with Gasteiger partial charge in [0.2, 0.25) is 13.5 Å². The molecule has 1 aliphatic heterocycles. The first-order valence-electron chi connectivity index (χ1n) is 4.00. The molecule has 1 saturated heterocycles. The van der Waals surface area contributed by atoms with Gasteiger partial charge in [-0.15, -0.1) is 0 Å². The molecule has 7 heteroatoms. The van der Waals surface area contributed by atoms with Gasteiger partial charge >= 0.3 is 0 Å². The van der Waals surface area contributed by atoms with Crippen LogP contribution >= 0.6 is 17.8 Å². The third-order valence-corrected chi connectivity index (χ3v) is 3.90. The van der Waals surface area contributed by atoms with E-state index in [0.717, 1.165) is 0 Å². The van der Waals surface area contributed by atoms with Gasteiger partial charge in [0, 0.05) is 33.1 Å². The van der Waals surface area contributed by atoms with Gasteiger partial charge in [0.1, 0.15) is 0 Å². The molecule has 1 atom stereocenters. The molecular formula is C6H11BClN2O2P. The van der Waals surface area contributed by atoms with E-state index in [2.05, 4.69) is 0 Å². The largest absolute Gasteiger partial charge is 0.340 e. The number of carbonyl (C=O) groups excluding carboxylic acids is 1. The lowest BCUT2D eigenvalue weighted by Gasteiger charge is -2.35. The Labute approximate surface area is 83.8 Å². The molecule has 1 amide bonds. The third kappa shape index (κ3) is 3.01. The fourth-order valence-electron chi connectivity index (χ4n) is 1.28. The number of hydrogen-bond acceptors (Lipinski definition) is 2. The van der Waals surface area contributed by atoms with E-state index in [1.165, 1.54) is 11.6 Å². The topological polar surface area (TPSA) is 40.6 Å². The van der Waals surface area contributed by atoms with Gasteiger partial charge in [0.05, 0.1) is 0 Å². The quantitative estimate of drug-likeness (QED) is 0.482. The van der Waals surface area contributed by atoms with E-state index in [0.29, 0.717) is 26.2 Å². The van der Waals surface area contributed by atoms with Crippen LogP contribution in [0.2, 0.25) is 0 Å². The fourth-order valence-corrected chi connectivity index (χ4v) is 2.46. The molecule has 1 aliphatic rings. The van der Waals surface area contributed by atoms with Crippen molar-refractivity contribution in [2.24, 2.45) is 0 Å². The monoisotopic (exact) mass is 220 g/mol. The van der Waals surface area contributed by atoms with Gasteiger partial charge in [0.25, 0.3) is 0 Å². The number of piperazine rings is 1. The Morgan fingerprint density at radius 2 is 1.85 bits per heavy atom. The zero-order valence-electron chi connectivity index (χ0n) is 7.44. The highest BCUT2D eigenvalue weighted by Crippen LogP contribution is 2.49. The minimum Gasteiger partial charge on any atom is -0.340 e. The van der Waals surface area contributed by atoms with Crippen LogP contribution in [-0.4, -0.2) is 49.2 Å². The third-order valence-electron chi connectivity index (χ3n) is 2.09. The van der Waals surface area contributed by atoms with Gasteiger partial charge in [-0.1, -0.05) is 0 Å². The summed E-state index contributed by atoms with van der Waals surface area (Å²) in [4.78, 5) is 12.6. The van der Waals surface area contributed by atoms with Gasteiger partial charge < -0.3 is 9.46 Å². The van der Waals surface area contributed by atoms with Crippen molar-refractivity contribution in [1.29, 1.82) is 0 Å². The molecule has 0 aliphatic carbocycles. The number of amides is 1. The first kappa shape index (κ1) is 11.1. The molecule has 1 unspecified atom stereocenters. The Bertz CT molecular complexity index is 249. The van der Waals surface area contributed by atoms with Gasteiger partial charge in [-0.3, -0.25) is 4.79 Å². The molecule has 72 valence electrons. The van der Waals surface area contributed by atoms with Crippen molar-refractivity contribution in [2.45, 2.75) is 6.92 Å². The van der Waals surface area contributed by atoms with E-state index >= 15 is 0 Å². The number of rotatable bonds is 1. The normalized spacial score (nSPS) is 24.0. The molecule has 13 heavy (non-hydrogen) atoms. The number of hydrogen-bond donors (Lipinski definition) is 0. The molecule has 1 heterocycles. The molecule has 0 N–H and O–H groups in total. The summed E-state index contributed by atoms with van der Waals surface area (Å²) in [7, 11) is 5.28. The van der Waals surface area contributed by atoms with Gasteiger partial charge in [0.15, 0.2) is 6.52 Å². The van der Waals surface area contributed by atoms with Crippen molar-refractivity contribution in [3.8, 4) is 0 Å². The van der Waals surface area contributed by atoms with Crippen molar-refractivity contribution in [2.75, 3.05) is 26.2 Å². The van der Waals surface area contributed by atoms with Crippen LogP contribution in [0.4, 0.5) is 0 Å². The summed E-state index contributed by atoms with van der Waals surface area (Å²) in [5.74, 6) is 0.0288. The standard InChI is InChI=1S/C6H11BClN2O2P/c1-6(11)9-2-4-10(5-3-9)13(7,8)12/h2-5H2,1H3. The Morgan fingerprint density at radius 3 is 2.15 bits per heavy atom. The van der Waals surface area contributed by atoms with E-state index in [4.69, 9.17) is 18.8 Å². The van der Waals surface area contributed by atoms with Crippen LogP contribution in [0.5, 0.6) is 0 Å². The van der Waals surface area contributed by atoms with Crippen molar-refractivity contribution < 1.29 is 9.36 Å². The van der Waals surface area contributed by atoms with Crippen LogP contribution in [0, 0.1) is 0 Å². The molecular weight excluding hydrogens is 209 g/mol. The van der Waals surface area contributed by atoms with Crippen LogP contribution in [0.1, 0.15) is 6.92 Å². The maximum atomic E-state index is 11.2. The molecule has 0 saturated carbocycles. The van der Waals surface area contributed by atoms with E-state index in [1.807, 2.05) is 0 Å². The van der Waals surface area contributed by atoms with Crippen molar-refractivity contribution >= 4 is 31.2 Å². The molecule has 2 radical (unpaired) electrons. The average molecular weight is 220 g/mol. The van der Waals surface area contributed by atoms with Crippen LogP contribution < -0.4 is 0 Å². The molecule has 1 rings (SSSR count). The van der Waals surface area contributed by atoms with Crippen LogP contribution in [0.25, 0.3) is 0 Å². The number of nitrogens with zero attached hydrogens (tertiary/aromatic N) is 2. The van der Waals surface area contributed by atoms with Crippen molar-refractivity contribution in [1.82, 2.24) is 9.57 Å². The van der Waals surface area contributed by atoms with Crippen LogP contribution in [-0.2, 0) is 9.36 Å². The maximum Gasteiger partial charge on any atom is 0.219 e. The predicted octanol–water partition coefficient (Wildman–Crippen LogP) is 0.666. The fraction of sp³-hybridized carbons (Fsp3) is 0.833. The van der Waals surface area contributed by atoms with Crippen molar-refractivity contribution in [3.05, 3.63) is 0 Å². The van der Waals surface area contributed by atoms with E-state index in [9.17, 15) is 9.36 Å². The molecule has 0 spiro atoms. The van der Waals surface area contributed by atoms with Gasteiger partial charge in [-0.2, -0.15) is 0 Å². The Hall–Kier alpha value is 0.0149. The first-order chi connectivity index (χ1) is 5.91. The highest BCUT2D eigenvalue weighted by molar-refractivity contribution is 8.05. The molecule has 0 bridgehead atoms. The molecule has 0 aromatic rings. The lowest BCUT2D eigenvalue weighted by molar-refractivity contribution is -0.129. The lowest BCUT2D eigenvalue weighted by atomic mass is 10.3. The van der Waals surface area contributed by atoms with Gasteiger partial charge in [-0.05, 0) is 11.2 Å². The highest BCUT2D eigenvalue weighted by atomic mass is 35.7. The van der Waals surface area contributed by atoms with Crippen molar-refractivity contribution in [3.63, 3.8) is 0 Å². The second kappa shape index (κ2) is 4.03. The summed E-state index contributed by atoms with van der Waals surface area (Å²) < 4.78 is 12.7. The minimum absolute atomic E-state index is 0.0288. The van der Waals surface area contributed by atoms with Gasteiger partial charge in [-0.25, -0.2) is 4.67 Å². The summed E-state index contributed by atoms with van der Waals surface area (Å²) in [5.41, 5.74) is 0. The van der Waals surface area contributed by atoms with Crippen LogP contribution in [0.15, 0.2) is 0 Å². The van der Waals surface area contributed by atoms with E-state index < -0.39 is 6.52 Å². The lowest BCUT2D eigenvalue weighted by Crippen LogP contribution is -2.46.